The van der Waals surface area contributed by atoms with Gasteiger partial charge in [-0.15, -0.1) is 0 Å². The number of nitrogens with two attached hydrogens (primary N) is 2. The average molecular weight is 285 g/mol. The van der Waals surface area contributed by atoms with Gasteiger partial charge in [0, 0.05) is 12.0 Å². The number of hydrogen-bond donors (Lipinski definition) is 2. The Morgan fingerprint density at radius 2 is 2.00 bits per heavy atom. The van der Waals surface area contributed by atoms with Gasteiger partial charge in [0.2, 0.25) is 0 Å². The van der Waals surface area contributed by atoms with E-state index in [-0.39, 0.29) is 0 Å². The van der Waals surface area contributed by atoms with Crippen molar-refractivity contribution in [2.24, 2.45) is 0 Å². The normalized spacial score (nSPS) is 10.8. The lowest BCUT2D eigenvalue weighted by Gasteiger charge is -2.02. The van der Waals surface area contributed by atoms with Gasteiger partial charge in [-0.2, -0.15) is 0 Å². The molecule has 0 aliphatic carbocycles. The first kappa shape index (κ1) is 13.1. The van der Waals surface area contributed by atoms with Crippen molar-refractivity contribution in [3.8, 4) is 11.3 Å². The van der Waals surface area contributed by atoms with Crippen molar-refractivity contribution in [2.75, 3.05) is 11.6 Å². The van der Waals surface area contributed by atoms with Gasteiger partial charge in [0.15, 0.2) is 5.82 Å². The van der Waals surface area contributed by atoms with Gasteiger partial charge in [-0.25, -0.2) is 9.66 Å². The Kier molecular flexibility index (Phi) is 3.68. The molecule has 0 unspecified atom stereocenters. The molecule has 2 aromatic rings. The molecule has 1 aromatic heterocycles. The lowest BCUT2D eigenvalue weighted by molar-refractivity contribution is 0.794. The van der Waals surface area contributed by atoms with Crippen LogP contribution in [-0.4, -0.2) is 9.66 Å². The maximum atomic E-state index is 5.99. The Bertz CT molecular complexity index is 578. The van der Waals surface area contributed by atoms with Gasteiger partial charge >= 0.3 is 0 Å². The highest BCUT2D eigenvalue weighted by molar-refractivity contribution is 6.42. The summed E-state index contributed by atoms with van der Waals surface area (Å²) in [5, 5.41) is 0.970. The standard InChI is InChI=1S/C12H14Cl2N4/c1-2-3-10-17-11(12(15)18(10)16)7-4-5-8(13)9(14)6-7/h4-6H,2-3,15-16H2,1H3. The van der Waals surface area contributed by atoms with Crippen molar-refractivity contribution in [2.45, 2.75) is 19.8 Å². The van der Waals surface area contributed by atoms with Crippen LogP contribution in [0.5, 0.6) is 0 Å². The van der Waals surface area contributed by atoms with Crippen LogP contribution in [0.1, 0.15) is 19.2 Å². The first-order valence-corrected chi connectivity index (χ1v) is 6.37. The molecule has 96 valence electrons. The third-order valence-electron chi connectivity index (χ3n) is 2.69. The molecule has 0 bridgehead atoms. The van der Waals surface area contributed by atoms with Gasteiger partial charge < -0.3 is 11.6 Å². The van der Waals surface area contributed by atoms with Gasteiger partial charge in [0.05, 0.1) is 10.0 Å². The molecule has 4 nitrogen and oxygen atoms in total. The van der Waals surface area contributed by atoms with Gasteiger partial charge in [0.1, 0.15) is 11.5 Å². The molecule has 0 spiro atoms. The number of benzene rings is 1. The fourth-order valence-electron chi connectivity index (χ4n) is 1.75. The van der Waals surface area contributed by atoms with E-state index in [0.717, 1.165) is 24.2 Å². The average Bonchev–Trinajstić information content (AvgIpc) is 2.62. The second kappa shape index (κ2) is 5.08. The predicted octanol–water partition coefficient (Wildman–Crippen LogP) is 3.11. The van der Waals surface area contributed by atoms with E-state index in [9.17, 15) is 0 Å². The zero-order valence-corrected chi connectivity index (χ0v) is 11.5. The maximum Gasteiger partial charge on any atom is 0.150 e. The molecular weight excluding hydrogens is 271 g/mol. The topological polar surface area (TPSA) is 69.9 Å². The summed E-state index contributed by atoms with van der Waals surface area (Å²) in [5.41, 5.74) is 7.40. The zero-order chi connectivity index (χ0) is 13.3. The molecule has 2 rings (SSSR count). The van der Waals surface area contributed by atoms with E-state index in [1.165, 1.54) is 4.68 Å². The van der Waals surface area contributed by atoms with E-state index in [1.54, 1.807) is 12.1 Å². The highest BCUT2D eigenvalue weighted by atomic mass is 35.5. The zero-order valence-electron chi connectivity index (χ0n) is 9.95. The Balaban J connectivity index is 2.50. The number of aryl methyl sites for hydroxylation is 1. The number of nitrogen functional groups attached to an aromatic ring is 2. The van der Waals surface area contributed by atoms with Crippen LogP contribution < -0.4 is 11.6 Å². The predicted molar refractivity (Wildman–Crippen MR) is 76.2 cm³/mol. The Labute approximate surface area is 115 Å². The lowest BCUT2D eigenvalue weighted by atomic mass is 10.1. The number of aromatic nitrogens is 2. The summed E-state index contributed by atoms with van der Waals surface area (Å²) in [6.07, 6.45) is 1.73. The van der Waals surface area contributed by atoms with E-state index >= 15 is 0 Å². The molecule has 0 atom stereocenters. The van der Waals surface area contributed by atoms with Gasteiger partial charge in [0.25, 0.3) is 0 Å². The van der Waals surface area contributed by atoms with E-state index in [1.807, 2.05) is 6.07 Å². The third kappa shape index (κ3) is 2.26. The number of imidazole rings is 1. The van der Waals surface area contributed by atoms with Crippen molar-refractivity contribution in [1.82, 2.24) is 9.66 Å². The van der Waals surface area contributed by atoms with Crippen LogP contribution in [0, 0.1) is 0 Å². The highest BCUT2D eigenvalue weighted by Crippen LogP contribution is 2.31. The highest BCUT2D eigenvalue weighted by Gasteiger charge is 2.14. The SMILES string of the molecule is CCCc1nc(-c2ccc(Cl)c(Cl)c2)c(N)n1N. The lowest BCUT2D eigenvalue weighted by Crippen LogP contribution is -2.15. The fraction of sp³-hybridized carbons (Fsp3) is 0.250. The molecule has 6 heteroatoms. The summed E-state index contributed by atoms with van der Waals surface area (Å²) in [6, 6.07) is 5.27. The van der Waals surface area contributed by atoms with Crippen LogP contribution in [-0.2, 0) is 6.42 Å². The van der Waals surface area contributed by atoms with Crippen molar-refractivity contribution in [1.29, 1.82) is 0 Å². The first-order chi connectivity index (χ1) is 8.54. The number of anilines is 1. The van der Waals surface area contributed by atoms with E-state index < -0.39 is 0 Å². The van der Waals surface area contributed by atoms with Crippen LogP contribution in [0.3, 0.4) is 0 Å². The number of hydrogen-bond acceptors (Lipinski definition) is 3. The molecule has 1 heterocycles. The minimum absolute atomic E-state index is 0.428. The first-order valence-electron chi connectivity index (χ1n) is 5.62. The number of rotatable bonds is 3. The minimum Gasteiger partial charge on any atom is -0.382 e. The van der Waals surface area contributed by atoms with Crippen molar-refractivity contribution in [3.63, 3.8) is 0 Å². The van der Waals surface area contributed by atoms with Crippen molar-refractivity contribution >= 4 is 29.0 Å². The Morgan fingerprint density at radius 1 is 1.28 bits per heavy atom. The molecule has 0 amide bonds. The molecule has 0 fully saturated rings. The second-order valence-corrected chi connectivity index (χ2v) is 4.83. The van der Waals surface area contributed by atoms with Crippen LogP contribution >= 0.6 is 23.2 Å². The minimum atomic E-state index is 0.428. The van der Waals surface area contributed by atoms with Gasteiger partial charge in [-0.3, -0.25) is 0 Å². The number of halogens is 2. The summed E-state index contributed by atoms with van der Waals surface area (Å²) in [7, 11) is 0. The van der Waals surface area contributed by atoms with Crippen LogP contribution in [0.25, 0.3) is 11.3 Å². The smallest absolute Gasteiger partial charge is 0.150 e. The van der Waals surface area contributed by atoms with Crippen LogP contribution in [0.2, 0.25) is 10.0 Å². The molecule has 0 saturated carbocycles. The molecule has 18 heavy (non-hydrogen) atoms. The molecule has 0 aliphatic heterocycles. The molecule has 0 saturated heterocycles. The summed E-state index contributed by atoms with van der Waals surface area (Å²) < 4.78 is 1.42. The summed E-state index contributed by atoms with van der Waals surface area (Å²) in [6.45, 7) is 2.06. The molecule has 4 N–H and O–H groups in total. The molecule has 1 aromatic carbocycles. The monoisotopic (exact) mass is 284 g/mol. The summed E-state index contributed by atoms with van der Waals surface area (Å²) in [5.74, 6) is 7.05. The molecular formula is C12H14Cl2N4. The van der Waals surface area contributed by atoms with Crippen LogP contribution in [0.15, 0.2) is 18.2 Å². The van der Waals surface area contributed by atoms with Crippen LogP contribution in [0.4, 0.5) is 5.82 Å². The maximum absolute atomic E-state index is 5.99. The van der Waals surface area contributed by atoms with E-state index in [4.69, 9.17) is 34.8 Å². The Hall–Kier alpha value is -1.39. The quantitative estimate of drug-likeness (QED) is 0.851. The Morgan fingerprint density at radius 3 is 2.61 bits per heavy atom. The van der Waals surface area contributed by atoms with Crippen molar-refractivity contribution in [3.05, 3.63) is 34.1 Å². The summed E-state index contributed by atoms with van der Waals surface area (Å²) >= 11 is 11.9. The fourth-order valence-corrected chi connectivity index (χ4v) is 2.05. The number of nitrogens with zero attached hydrogens (tertiary/aromatic N) is 2. The van der Waals surface area contributed by atoms with Crippen molar-refractivity contribution < 1.29 is 0 Å². The third-order valence-corrected chi connectivity index (χ3v) is 3.43. The summed E-state index contributed by atoms with van der Waals surface area (Å²) in [4.78, 5) is 4.45. The second-order valence-electron chi connectivity index (χ2n) is 4.01. The van der Waals surface area contributed by atoms with Gasteiger partial charge in [-0.05, 0) is 18.6 Å². The molecule has 0 aliphatic rings. The van der Waals surface area contributed by atoms with Gasteiger partial charge in [-0.1, -0.05) is 36.2 Å². The molecule has 0 radical (unpaired) electrons. The van der Waals surface area contributed by atoms with E-state index in [0.29, 0.717) is 21.6 Å². The van der Waals surface area contributed by atoms with E-state index in [2.05, 4.69) is 11.9 Å². The largest absolute Gasteiger partial charge is 0.382 e.